The molecule has 0 unspecified atom stereocenters. The number of anilines is 1. The van der Waals surface area contributed by atoms with Crippen molar-refractivity contribution in [1.82, 2.24) is 5.32 Å². The zero-order chi connectivity index (χ0) is 19.0. The molecule has 0 aliphatic heterocycles. The van der Waals surface area contributed by atoms with E-state index in [1.54, 1.807) is 6.07 Å². The average Bonchev–Trinajstić information content (AvgIpc) is 2.55. The quantitative estimate of drug-likeness (QED) is 0.608. The van der Waals surface area contributed by atoms with Gasteiger partial charge in [-0.3, -0.25) is 4.79 Å². The van der Waals surface area contributed by atoms with Crippen LogP contribution < -0.4 is 15.4 Å². The van der Waals surface area contributed by atoms with E-state index in [0.29, 0.717) is 25.1 Å². The predicted octanol–water partition coefficient (Wildman–Crippen LogP) is 3.59. The van der Waals surface area contributed by atoms with E-state index in [4.69, 9.17) is 0 Å². The molecule has 26 heavy (non-hydrogen) atoms. The number of ether oxygens (including phenoxy) is 1. The molecular formula is C18H25F3N2O3. The number of aliphatic hydroxyl groups excluding tert-OH is 1. The van der Waals surface area contributed by atoms with E-state index < -0.39 is 6.36 Å². The van der Waals surface area contributed by atoms with Crippen LogP contribution in [0.3, 0.4) is 0 Å². The van der Waals surface area contributed by atoms with Crippen molar-refractivity contribution in [2.24, 2.45) is 0 Å². The first kappa shape index (κ1) is 20.4. The molecule has 1 aliphatic rings. The smallest absolute Gasteiger partial charge is 0.406 e. The van der Waals surface area contributed by atoms with Crippen LogP contribution in [0.25, 0.3) is 0 Å². The van der Waals surface area contributed by atoms with Crippen LogP contribution >= 0.6 is 0 Å². The molecule has 1 aliphatic carbocycles. The standard InChI is InChI=1S/C18H25F3N2O3/c19-18(20,21)26-16-5-3-4-14(12-16)22-11-2-1-6-17(25)23-13-7-9-15(24)10-8-13/h3-5,12-13,15,22,24H,1-2,6-11H2,(H,23,25). The third-order valence-electron chi connectivity index (χ3n) is 4.29. The van der Waals surface area contributed by atoms with Crippen molar-refractivity contribution < 1.29 is 27.8 Å². The number of carbonyl (C=O) groups excluding carboxylic acids is 1. The molecule has 0 spiro atoms. The van der Waals surface area contributed by atoms with E-state index >= 15 is 0 Å². The minimum atomic E-state index is -4.71. The van der Waals surface area contributed by atoms with E-state index in [9.17, 15) is 23.1 Å². The maximum absolute atomic E-state index is 12.2. The van der Waals surface area contributed by atoms with Crippen LogP contribution in [0.4, 0.5) is 18.9 Å². The van der Waals surface area contributed by atoms with E-state index in [1.807, 2.05) is 0 Å². The van der Waals surface area contributed by atoms with Crippen LogP contribution in [0, 0.1) is 0 Å². The van der Waals surface area contributed by atoms with E-state index in [-0.39, 0.29) is 23.8 Å². The molecule has 0 heterocycles. The molecule has 0 radical (unpaired) electrons. The number of hydrogen-bond acceptors (Lipinski definition) is 4. The van der Waals surface area contributed by atoms with Gasteiger partial charge in [-0.15, -0.1) is 13.2 Å². The molecule has 8 heteroatoms. The third kappa shape index (κ3) is 7.95. The largest absolute Gasteiger partial charge is 0.573 e. The van der Waals surface area contributed by atoms with Crippen LogP contribution in [0.2, 0.25) is 0 Å². The molecule has 1 aromatic carbocycles. The Bertz CT molecular complexity index is 573. The molecule has 2 rings (SSSR count). The summed E-state index contributed by atoms with van der Waals surface area (Å²) in [6, 6.07) is 5.83. The highest BCUT2D eigenvalue weighted by atomic mass is 19.4. The Morgan fingerprint density at radius 1 is 1.19 bits per heavy atom. The number of unbranched alkanes of at least 4 members (excludes halogenated alkanes) is 1. The SMILES string of the molecule is O=C(CCCCNc1cccc(OC(F)(F)F)c1)NC1CCC(O)CC1. The van der Waals surface area contributed by atoms with Gasteiger partial charge in [-0.2, -0.15) is 0 Å². The molecule has 0 bridgehead atoms. The van der Waals surface area contributed by atoms with Crippen LogP contribution in [-0.2, 0) is 4.79 Å². The topological polar surface area (TPSA) is 70.6 Å². The van der Waals surface area contributed by atoms with Gasteiger partial charge < -0.3 is 20.5 Å². The van der Waals surface area contributed by atoms with Crippen LogP contribution in [0.1, 0.15) is 44.9 Å². The maximum atomic E-state index is 12.2. The second-order valence-corrected chi connectivity index (χ2v) is 6.53. The van der Waals surface area contributed by atoms with Crippen molar-refractivity contribution in [3.05, 3.63) is 24.3 Å². The zero-order valence-corrected chi connectivity index (χ0v) is 14.5. The molecule has 146 valence electrons. The Kier molecular flexibility index (Phi) is 7.56. The first-order chi connectivity index (χ1) is 12.3. The van der Waals surface area contributed by atoms with Crippen LogP contribution in [-0.4, -0.2) is 36.1 Å². The van der Waals surface area contributed by atoms with Crippen molar-refractivity contribution in [1.29, 1.82) is 0 Å². The molecule has 1 fully saturated rings. The summed E-state index contributed by atoms with van der Waals surface area (Å²) in [6.45, 7) is 0.554. The minimum Gasteiger partial charge on any atom is -0.406 e. The fraction of sp³-hybridized carbons (Fsp3) is 0.611. The Balaban J connectivity index is 1.60. The monoisotopic (exact) mass is 374 g/mol. The molecular weight excluding hydrogens is 349 g/mol. The zero-order valence-electron chi connectivity index (χ0n) is 14.5. The van der Waals surface area contributed by atoms with Gasteiger partial charge in [0.25, 0.3) is 0 Å². The summed E-state index contributed by atoms with van der Waals surface area (Å²) in [4.78, 5) is 11.9. The van der Waals surface area contributed by atoms with Gasteiger partial charge in [0.2, 0.25) is 5.91 Å². The lowest BCUT2D eigenvalue weighted by molar-refractivity contribution is -0.274. The number of nitrogens with one attached hydrogen (secondary N) is 2. The molecule has 1 aromatic rings. The molecule has 5 nitrogen and oxygen atoms in total. The fourth-order valence-electron chi connectivity index (χ4n) is 2.97. The second-order valence-electron chi connectivity index (χ2n) is 6.53. The van der Waals surface area contributed by atoms with Gasteiger partial charge >= 0.3 is 6.36 Å². The summed E-state index contributed by atoms with van der Waals surface area (Å²) in [5.41, 5.74) is 0.539. The normalized spacial score (nSPS) is 20.5. The third-order valence-corrected chi connectivity index (χ3v) is 4.29. The average molecular weight is 374 g/mol. The summed E-state index contributed by atoms with van der Waals surface area (Å²) >= 11 is 0. The summed E-state index contributed by atoms with van der Waals surface area (Å²) in [7, 11) is 0. The van der Waals surface area contributed by atoms with Gasteiger partial charge in [0.15, 0.2) is 0 Å². The lowest BCUT2D eigenvalue weighted by Gasteiger charge is -2.26. The lowest BCUT2D eigenvalue weighted by atomic mass is 9.93. The number of rotatable bonds is 8. The molecule has 0 saturated heterocycles. The lowest BCUT2D eigenvalue weighted by Crippen LogP contribution is -2.38. The first-order valence-electron chi connectivity index (χ1n) is 8.89. The number of aliphatic hydroxyl groups is 1. The number of amides is 1. The molecule has 0 aromatic heterocycles. The van der Waals surface area contributed by atoms with Crippen molar-refractivity contribution in [3.63, 3.8) is 0 Å². The molecule has 1 saturated carbocycles. The van der Waals surface area contributed by atoms with Gasteiger partial charge in [-0.1, -0.05) is 6.07 Å². The van der Waals surface area contributed by atoms with E-state index in [2.05, 4.69) is 15.4 Å². The summed E-state index contributed by atoms with van der Waals surface area (Å²) in [5, 5.41) is 15.5. The Hall–Kier alpha value is -1.96. The Morgan fingerprint density at radius 3 is 2.62 bits per heavy atom. The highest BCUT2D eigenvalue weighted by molar-refractivity contribution is 5.76. The van der Waals surface area contributed by atoms with Crippen molar-refractivity contribution in [3.8, 4) is 5.75 Å². The van der Waals surface area contributed by atoms with Gasteiger partial charge in [0.1, 0.15) is 5.75 Å². The second kappa shape index (κ2) is 9.66. The summed E-state index contributed by atoms with van der Waals surface area (Å²) < 4.78 is 40.5. The Morgan fingerprint density at radius 2 is 1.92 bits per heavy atom. The highest BCUT2D eigenvalue weighted by Gasteiger charge is 2.31. The van der Waals surface area contributed by atoms with Crippen molar-refractivity contribution >= 4 is 11.6 Å². The summed E-state index contributed by atoms with van der Waals surface area (Å²) in [6.07, 6.45) is -0.0450. The van der Waals surface area contributed by atoms with Crippen LogP contribution in [0.15, 0.2) is 24.3 Å². The predicted molar refractivity (Wildman–Crippen MR) is 91.9 cm³/mol. The van der Waals surface area contributed by atoms with Gasteiger partial charge in [0.05, 0.1) is 6.10 Å². The highest BCUT2D eigenvalue weighted by Crippen LogP contribution is 2.25. The molecule has 1 amide bonds. The first-order valence-corrected chi connectivity index (χ1v) is 8.89. The number of hydrogen-bond donors (Lipinski definition) is 3. The van der Waals surface area contributed by atoms with E-state index in [1.165, 1.54) is 18.2 Å². The van der Waals surface area contributed by atoms with Gasteiger partial charge in [-0.05, 0) is 50.7 Å². The minimum absolute atomic E-state index is 0.00645. The van der Waals surface area contributed by atoms with Crippen molar-refractivity contribution in [2.45, 2.75) is 63.5 Å². The van der Waals surface area contributed by atoms with Gasteiger partial charge in [0, 0.05) is 30.8 Å². The Labute approximate surface area is 150 Å². The van der Waals surface area contributed by atoms with Crippen molar-refractivity contribution in [2.75, 3.05) is 11.9 Å². The van der Waals surface area contributed by atoms with E-state index in [0.717, 1.165) is 32.1 Å². The van der Waals surface area contributed by atoms with Gasteiger partial charge in [-0.25, -0.2) is 0 Å². The fourth-order valence-corrected chi connectivity index (χ4v) is 2.97. The molecule has 3 N–H and O–H groups in total. The number of carbonyl (C=O) groups is 1. The number of benzene rings is 1. The maximum Gasteiger partial charge on any atom is 0.573 e. The van der Waals surface area contributed by atoms with Crippen LogP contribution in [0.5, 0.6) is 5.75 Å². The number of halogens is 3. The summed E-state index contributed by atoms with van der Waals surface area (Å²) in [5.74, 6) is -0.258. The number of alkyl halides is 3. The molecule has 0 atom stereocenters.